The van der Waals surface area contributed by atoms with E-state index in [1.165, 1.54) is 22.7 Å². The number of rotatable bonds is 5. The zero-order chi connectivity index (χ0) is 16.3. The number of hydrogen-bond acceptors (Lipinski definition) is 6. The molecular formula is C17H25N5S. The lowest BCUT2D eigenvalue weighted by Crippen LogP contribution is -2.38. The van der Waals surface area contributed by atoms with Gasteiger partial charge in [-0.3, -0.25) is 0 Å². The second-order valence-corrected chi connectivity index (χ2v) is 8.20. The highest BCUT2D eigenvalue weighted by molar-refractivity contribution is 7.11. The first-order valence-electron chi connectivity index (χ1n) is 8.24. The van der Waals surface area contributed by atoms with Gasteiger partial charge < -0.3 is 10.2 Å². The minimum Gasteiger partial charge on any atom is -0.351 e. The molecule has 0 amide bonds. The maximum atomic E-state index is 4.55. The standard InChI is InChI=1S/C17H25N5S/c1-17(2,3)16-19-12-14(23-16)11-18-10-13-6-5-9-22(13)15-7-4-8-20-21-15/h4,7-8,12-13,18H,5-6,9-11H2,1-3H3. The average Bonchev–Trinajstić information content (AvgIpc) is 3.17. The second kappa shape index (κ2) is 6.93. The summed E-state index contributed by atoms with van der Waals surface area (Å²) in [5.74, 6) is 0.990. The number of anilines is 1. The molecule has 0 aliphatic carbocycles. The van der Waals surface area contributed by atoms with Gasteiger partial charge in [0, 0.05) is 48.4 Å². The molecule has 0 radical (unpaired) electrons. The highest BCUT2D eigenvalue weighted by atomic mass is 32.1. The molecule has 1 aliphatic heterocycles. The lowest BCUT2D eigenvalue weighted by atomic mass is 9.98. The Hall–Kier alpha value is -1.53. The summed E-state index contributed by atoms with van der Waals surface area (Å²) in [6.07, 6.45) is 6.16. The molecule has 2 aromatic rings. The topological polar surface area (TPSA) is 53.9 Å². The van der Waals surface area contributed by atoms with Gasteiger partial charge in [-0.15, -0.1) is 16.4 Å². The van der Waals surface area contributed by atoms with Gasteiger partial charge >= 0.3 is 0 Å². The Morgan fingerprint density at radius 2 is 2.26 bits per heavy atom. The predicted molar refractivity (Wildman–Crippen MR) is 94.9 cm³/mol. The van der Waals surface area contributed by atoms with Crippen molar-refractivity contribution in [3.05, 3.63) is 34.4 Å². The fraction of sp³-hybridized carbons (Fsp3) is 0.588. The average molecular weight is 331 g/mol. The highest BCUT2D eigenvalue weighted by Gasteiger charge is 2.25. The second-order valence-electron chi connectivity index (χ2n) is 7.08. The number of hydrogen-bond donors (Lipinski definition) is 1. The molecule has 0 saturated carbocycles. The molecule has 3 heterocycles. The molecule has 0 spiro atoms. The van der Waals surface area contributed by atoms with Crippen LogP contribution in [0.2, 0.25) is 0 Å². The van der Waals surface area contributed by atoms with E-state index in [4.69, 9.17) is 0 Å². The molecule has 1 aliphatic rings. The quantitative estimate of drug-likeness (QED) is 0.913. The third-order valence-electron chi connectivity index (χ3n) is 4.10. The Kier molecular flexibility index (Phi) is 4.92. The van der Waals surface area contributed by atoms with Crippen LogP contribution in [0.4, 0.5) is 5.82 Å². The Morgan fingerprint density at radius 3 is 2.96 bits per heavy atom. The third kappa shape index (κ3) is 4.06. The van der Waals surface area contributed by atoms with E-state index in [-0.39, 0.29) is 5.41 Å². The van der Waals surface area contributed by atoms with Crippen molar-refractivity contribution in [3.8, 4) is 0 Å². The molecule has 1 N–H and O–H groups in total. The van der Waals surface area contributed by atoms with E-state index in [1.54, 1.807) is 6.20 Å². The largest absolute Gasteiger partial charge is 0.351 e. The minimum atomic E-state index is 0.136. The van der Waals surface area contributed by atoms with E-state index in [0.29, 0.717) is 6.04 Å². The molecule has 0 bridgehead atoms. The Morgan fingerprint density at radius 1 is 1.39 bits per heavy atom. The number of nitrogens with zero attached hydrogens (tertiary/aromatic N) is 4. The van der Waals surface area contributed by atoms with Gasteiger partial charge in [-0.2, -0.15) is 5.10 Å². The highest BCUT2D eigenvalue weighted by Crippen LogP contribution is 2.27. The summed E-state index contributed by atoms with van der Waals surface area (Å²) in [5, 5.41) is 13.0. The molecule has 6 heteroatoms. The van der Waals surface area contributed by atoms with Crippen LogP contribution in [0.25, 0.3) is 0 Å². The van der Waals surface area contributed by atoms with Crippen LogP contribution in [0.15, 0.2) is 24.5 Å². The molecule has 23 heavy (non-hydrogen) atoms. The number of thiazole rings is 1. The van der Waals surface area contributed by atoms with Gasteiger partial charge in [-0.05, 0) is 25.0 Å². The van der Waals surface area contributed by atoms with Crippen LogP contribution in [-0.2, 0) is 12.0 Å². The van der Waals surface area contributed by atoms with Crippen LogP contribution < -0.4 is 10.2 Å². The molecule has 2 aromatic heterocycles. The molecular weight excluding hydrogens is 306 g/mol. The first-order valence-corrected chi connectivity index (χ1v) is 9.06. The third-order valence-corrected chi connectivity index (χ3v) is 5.53. The molecule has 1 fully saturated rings. The zero-order valence-electron chi connectivity index (χ0n) is 14.1. The normalized spacial score (nSPS) is 18.6. The van der Waals surface area contributed by atoms with Gasteiger partial charge in [0.2, 0.25) is 0 Å². The zero-order valence-corrected chi connectivity index (χ0v) is 14.9. The van der Waals surface area contributed by atoms with Crippen LogP contribution in [0.5, 0.6) is 0 Å². The fourth-order valence-corrected chi connectivity index (χ4v) is 3.83. The monoisotopic (exact) mass is 331 g/mol. The van der Waals surface area contributed by atoms with Gasteiger partial charge in [0.15, 0.2) is 5.82 Å². The SMILES string of the molecule is CC(C)(C)c1ncc(CNCC2CCCN2c2cccnn2)s1. The van der Waals surface area contributed by atoms with Gasteiger partial charge in [-0.25, -0.2) is 4.98 Å². The van der Waals surface area contributed by atoms with Gasteiger partial charge in [0.1, 0.15) is 0 Å². The van der Waals surface area contributed by atoms with E-state index in [0.717, 1.165) is 25.5 Å². The van der Waals surface area contributed by atoms with Crippen molar-refractivity contribution in [1.82, 2.24) is 20.5 Å². The van der Waals surface area contributed by atoms with Gasteiger partial charge in [0.05, 0.1) is 5.01 Å². The van der Waals surface area contributed by atoms with E-state index in [2.05, 4.69) is 46.2 Å². The van der Waals surface area contributed by atoms with Crippen molar-refractivity contribution >= 4 is 17.2 Å². The summed E-state index contributed by atoms with van der Waals surface area (Å²) < 4.78 is 0. The predicted octanol–water partition coefficient (Wildman–Crippen LogP) is 2.99. The minimum absolute atomic E-state index is 0.136. The van der Waals surface area contributed by atoms with Crippen LogP contribution in [0, 0.1) is 0 Å². The van der Waals surface area contributed by atoms with Crippen LogP contribution in [0.3, 0.4) is 0 Å². The molecule has 1 atom stereocenters. The first-order chi connectivity index (χ1) is 11.0. The Balaban J connectivity index is 1.53. The fourth-order valence-electron chi connectivity index (χ4n) is 2.89. The van der Waals surface area contributed by atoms with Crippen molar-refractivity contribution < 1.29 is 0 Å². The van der Waals surface area contributed by atoms with E-state index in [9.17, 15) is 0 Å². The van der Waals surface area contributed by atoms with Crippen LogP contribution >= 0.6 is 11.3 Å². The summed E-state index contributed by atoms with van der Waals surface area (Å²) in [5.41, 5.74) is 0.136. The summed E-state index contributed by atoms with van der Waals surface area (Å²) >= 11 is 1.81. The van der Waals surface area contributed by atoms with Crippen molar-refractivity contribution in [1.29, 1.82) is 0 Å². The molecule has 5 nitrogen and oxygen atoms in total. The molecule has 1 unspecified atom stereocenters. The van der Waals surface area contributed by atoms with E-state index < -0.39 is 0 Å². The summed E-state index contributed by atoms with van der Waals surface area (Å²) in [4.78, 5) is 8.22. The molecule has 1 saturated heterocycles. The van der Waals surface area contributed by atoms with Gasteiger partial charge in [0.25, 0.3) is 0 Å². The van der Waals surface area contributed by atoms with Crippen LogP contribution in [-0.4, -0.2) is 34.3 Å². The molecule has 124 valence electrons. The van der Waals surface area contributed by atoms with Crippen molar-refractivity contribution in [2.75, 3.05) is 18.0 Å². The van der Waals surface area contributed by atoms with Crippen molar-refractivity contribution in [3.63, 3.8) is 0 Å². The summed E-state index contributed by atoms with van der Waals surface area (Å²) in [7, 11) is 0. The van der Waals surface area contributed by atoms with Crippen molar-refractivity contribution in [2.45, 2.75) is 51.6 Å². The van der Waals surface area contributed by atoms with E-state index >= 15 is 0 Å². The van der Waals surface area contributed by atoms with Gasteiger partial charge in [-0.1, -0.05) is 20.8 Å². The summed E-state index contributed by atoms with van der Waals surface area (Å²) in [6.45, 7) is 9.55. The summed E-state index contributed by atoms with van der Waals surface area (Å²) in [6, 6.07) is 4.50. The maximum absolute atomic E-state index is 4.55. The maximum Gasteiger partial charge on any atom is 0.151 e. The Labute approximate surface area is 142 Å². The Bertz CT molecular complexity index is 619. The smallest absolute Gasteiger partial charge is 0.151 e. The van der Waals surface area contributed by atoms with Crippen LogP contribution in [0.1, 0.15) is 43.5 Å². The molecule has 3 rings (SSSR count). The van der Waals surface area contributed by atoms with Crippen molar-refractivity contribution in [2.24, 2.45) is 0 Å². The lowest BCUT2D eigenvalue weighted by molar-refractivity contribution is 0.571. The number of aromatic nitrogens is 3. The molecule has 0 aromatic carbocycles. The first kappa shape index (κ1) is 16.3. The number of nitrogens with one attached hydrogen (secondary N) is 1. The van der Waals surface area contributed by atoms with E-state index in [1.807, 2.05) is 29.7 Å². The lowest BCUT2D eigenvalue weighted by Gasteiger charge is -2.25.